The number of aryl methyl sites for hydroxylation is 1. The lowest BCUT2D eigenvalue weighted by Crippen LogP contribution is -2.40. The highest BCUT2D eigenvalue weighted by molar-refractivity contribution is 8.00. The summed E-state index contributed by atoms with van der Waals surface area (Å²) in [5, 5.41) is 4.87. The first-order chi connectivity index (χ1) is 9.95. The summed E-state index contributed by atoms with van der Waals surface area (Å²) in [5.74, 6) is 1.82. The van der Waals surface area contributed by atoms with E-state index in [0.717, 1.165) is 37.7 Å². The van der Waals surface area contributed by atoms with Crippen molar-refractivity contribution in [1.29, 1.82) is 0 Å². The lowest BCUT2D eigenvalue weighted by Gasteiger charge is -2.35. The van der Waals surface area contributed by atoms with Gasteiger partial charge in [-0.25, -0.2) is 4.98 Å². The Labute approximate surface area is 133 Å². The van der Waals surface area contributed by atoms with Crippen molar-refractivity contribution < 1.29 is 0 Å². The minimum absolute atomic E-state index is 0.684. The number of hydrogen-bond donors (Lipinski definition) is 1. The molecule has 0 saturated carbocycles. The van der Waals surface area contributed by atoms with Crippen LogP contribution in [0.4, 0.5) is 5.82 Å². The number of anilines is 1. The molecule has 1 aromatic heterocycles. The van der Waals surface area contributed by atoms with E-state index in [1.54, 1.807) is 0 Å². The number of nitrogens with zero attached hydrogens (tertiary/aromatic N) is 2. The average molecular weight is 308 g/mol. The Balaban J connectivity index is 2.01. The predicted octanol–water partition coefficient (Wildman–Crippen LogP) is 3.47. The van der Waals surface area contributed by atoms with E-state index in [1.165, 1.54) is 5.56 Å². The van der Waals surface area contributed by atoms with Crippen molar-refractivity contribution in [3.05, 3.63) is 23.4 Å². The maximum atomic E-state index is 4.84. The van der Waals surface area contributed by atoms with Crippen LogP contribution in [0.1, 0.15) is 39.0 Å². The van der Waals surface area contributed by atoms with E-state index in [-0.39, 0.29) is 0 Å². The van der Waals surface area contributed by atoms with Gasteiger partial charge in [0.15, 0.2) is 0 Å². The van der Waals surface area contributed by atoms with Crippen LogP contribution >= 0.6 is 11.8 Å². The molecule has 1 aliphatic rings. The molecule has 0 aromatic carbocycles. The summed E-state index contributed by atoms with van der Waals surface area (Å²) >= 11 is 2.08. The van der Waals surface area contributed by atoms with E-state index >= 15 is 0 Å². The number of aromatic nitrogens is 1. The van der Waals surface area contributed by atoms with E-state index in [9.17, 15) is 0 Å². The lowest BCUT2D eigenvalue weighted by molar-refractivity contribution is 0.551. The van der Waals surface area contributed by atoms with Crippen LogP contribution in [0.15, 0.2) is 12.1 Å². The Morgan fingerprint density at radius 2 is 1.95 bits per heavy atom. The Kier molecular flexibility index (Phi) is 5.94. The number of pyridine rings is 1. The number of thioether (sulfide) groups is 1. The molecule has 0 amide bonds. The van der Waals surface area contributed by atoms with Crippen LogP contribution in [0.5, 0.6) is 0 Å². The minimum atomic E-state index is 0.684. The third-order valence-electron chi connectivity index (χ3n) is 3.79. The lowest BCUT2D eigenvalue weighted by atomic mass is 10.1. The molecular weight excluding hydrogens is 278 g/mol. The van der Waals surface area contributed by atoms with Gasteiger partial charge in [-0.05, 0) is 31.0 Å². The molecule has 0 bridgehead atoms. The molecule has 2 unspecified atom stereocenters. The maximum absolute atomic E-state index is 4.84. The quantitative estimate of drug-likeness (QED) is 0.901. The summed E-state index contributed by atoms with van der Waals surface area (Å²) in [6.07, 6.45) is 0. The highest BCUT2D eigenvalue weighted by Gasteiger charge is 2.23. The summed E-state index contributed by atoms with van der Waals surface area (Å²) in [6.45, 7) is 15.4. The highest BCUT2D eigenvalue weighted by Crippen LogP contribution is 2.28. The van der Waals surface area contributed by atoms with E-state index in [4.69, 9.17) is 4.98 Å². The molecule has 21 heavy (non-hydrogen) atoms. The van der Waals surface area contributed by atoms with Crippen LogP contribution in [0.2, 0.25) is 0 Å². The van der Waals surface area contributed by atoms with Gasteiger partial charge in [0.25, 0.3) is 0 Å². The molecule has 1 N–H and O–H groups in total. The van der Waals surface area contributed by atoms with Gasteiger partial charge in [-0.15, -0.1) is 0 Å². The standard InChI is InChI=1S/C17H29N3S/c1-12(2)8-18-9-16-6-7-17(19-15(16)5)20-10-13(3)21-14(4)11-20/h6-7,12-14,18H,8-11H2,1-5H3. The average Bonchev–Trinajstić information content (AvgIpc) is 2.39. The number of rotatable bonds is 5. The fourth-order valence-electron chi connectivity index (χ4n) is 2.80. The molecule has 118 valence electrons. The molecule has 1 aliphatic heterocycles. The molecular formula is C17H29N3S. The smallest absolute Gasteiger partial charge is 0.128 e. The van der Waals surface area contributed by atoms with E-state index in [2.05, 4.69) is 68.7 Å². The van der Waals surface area contributed by atoms with E-state index in [1.807, 2.05) is 0 Å². The molecule has 4 heteroatoms. The fraction of sp³-hybridized carbons (Fsp3) is 0.706. The maximum Gasteiger partial charge on any atom is 0.128 e. The third-order valence-corrected chi connectivity index (χ3v) is 5.02. The molecule has 2 heterocycles. The van der Waals surface area contributed by atoms with Crippen molar-refractivity contribution in [3.63, 3.8) is 0 Å². The predicted molar refractivity (Wildman–Crippen MR) is 94.2 cm³/mol. The molecule has 0 spiro atoms. The Hall–Kier alpha value is -0.740. The summed E-state index contributed by atoms with van der Waals surface area (Å²) in [7, 11) is 0. The van der Waals surface area contributed by atoms with Crippen molar-refractivity contribution >= 4 is 17.6 Å². The summed E-state index contributed by atoms with van der Waals surface area (Å²) in [6, 6.07) is 4.43. The zero-order chi connectivity index (χ0) is 15.4. The second-order valence-electron chi connectivity index (χ2n) is 6.60. The molecule has 3 nitrogen and oxygen atoms in total. The van der Waals surface area contributed by atoms with Crippen molar-refractivity contribution in [3.8, 4) is 0 Å². The molecule has 2 atom stereocenters. The van der Waals surface area contributed by atoms with E-state index < -0.39 is 0 Å². The van der Waals surface area contributed by atoms with Crippen molar-refractivity contribution in [2.45, 2.75) is 51.7 Å². The summed E-state index contributed by atoms with van der Waals surface area (Å²) in [5.41, 5.74) is 2.47. The monoisotopic (exact) mass is 307 g/mol. The first-order valence-electron chi connectivity index (χ1n) is 8.03. The molecule has 0 aliphatic carbocycles. The third kappa shape index (κ3) is 4.89. The topological polar surface area (TPSA) is 28.2 Å². The Bertz CT molecular complexity index is 451. The Morgan fingerprint density at radius 1 is 1.29 bits per heavy atom. The minimum Gasteiger partial charge on any atom is -0.354 e. The zero-order valence-electron chi connectivity index (χ0n) is 14.0. The fourth-order valence-corrected chi connectivity index (χ4v) is 4.13. The van der Waals surface area contributed by atoms with Gasteiger partial charge < -0.3 is 10.2 Å². The van der Waals surface area contributed by atoms with Gasteiger partial charge in [-0.1, -0.05) is 33.8 Å². The van der Waals surface area contributed by atoms with Crippen LogP contribution in [0, 0.1) is 12.8 Å². The first-order valence-corrected chi connectivity index (χ1v) is 8.97. The highest BCUT2D eigenvalue weighted by atomic mass is 32.2. The largest absolute Gasteiger partial charge is 0.354 e. The molecule has 1 fully saturated rings. The van der Waals surface area contributed by atoms with Gasteiger partial charge in [0, 0.05) is 35.8 Å². The van der Waals surface area contributed by atoms with Crippen LogP contribution < -0.4 is 10.2 Å². The second-order valence-corrected chi connectivity index (χ2v) is 8.48. The number of nitrogens with one attached hydrogen (secondary N) is 1. The summed E-state index contributed by atoms with van der Waals surface area (Å²) < 4.78 is 0. The van der Waals surface area contributed by atoms with Crippen molar-refractivity contribution in [1.82, 2.24) is 10.3 Å². The van der Waals surface area contributed by atoms with Crippen LogP contribution in [0.25, 0.3) is 0 Å². The normalized spacial score (nSPS) is 22.9. The van der Waals surface area contributed by atoms with Gasteiger partial charge in [-0.3, -0.25) is 0 Å². The van der Waals surface area contributed by atoms with E-state index in [0.29, 0.717) is 16.4 Å². The van der Waals surface area contributed by atoms with Gasteiger partial charge in [0.2, 0.25) is 0 Å². The summed E-state index contributed by atoms with van der Waals surface area (Å²) in [4.78, 5) is 7.27. The van der Waals surface area contributed by atoms with Crippen LogP contribution in [0.3, 0.4) is 0 Å². The van der Waals surface area contributed by atoms with Crippen LogP contribution in [-0.4, -0.2) is 35.1 Å². The van der Waals surface area contributed by atoms with Gasteiger partial charge >= 0.3 is 0 Å². The molecule has 0 radical (unpaired) electrons. The van der Waals surface area contributed by atoms with Gasteiger partial charge in [0.1, 0.15) is 5.82 Å². The van der Waals surface area contributed by atoms with Crippen molar-refractivity contribution in [2.75, 3.05) is 24.5 Å². The molecule has 1 aromatic rings. The zero-order valence-corrected chi connectivity index (χ0v) is 14.8. The van der Waals surface area contributed by atoms with Gasteiger partial charge in [0.05, 0.1) is 0 Å². The first kappa shape index (κ1) is 16.6. The SMILES string of the molecule is Cc1nc(N2CC(C)SC(C)C2)ccc1CNCC(C)C. The van der Waals surface area contributed by atoms with Gasteiger partial charge in [-0.2, -0.15) is 11.8 Å². The van der Waals surface area contributed by atoms with Crippen molar-refractivity contribution in [2.24, 2.45) is 5.92 Å². The number of hydrogen-bond acceptors (Lipinski definition) is 4. The molecule has 2 rings (SSSR count). The van der Waals surface area contributed by atoms with Crippen LogP contribution in [-0.2, 0) is 6.54 Å². The molecule has 1 saturated heterocycles. The second kappa shape index (κ2) is 7.50. The Morgan fingerprint density at radius 3 is 2.52 bits per heavy atom.